The van der Waals surface area contributed by atoms with Crippen molar-refractivity contribution in [1.29, 1.82) is 0 Å². The van der Waals surface area contributed by atoms with Crippen LogP contribution < -0.4 is 4.74 Å². The molecule has 0 saturated carbocycles. The molecule has 0 bridgehead atoms. The average molecular weight is 431 g/mol. The van der Waals surface area contributed by atoms with Gasteiger partial charge in [0.15, 0.2) is 0 Å². The van der Waals surface area contributed by atoms with Crippen LogP contribution in [-0.4, -0.2) is 52.7 Å². The molecule has 8 heteroatoms. The van der Waals surface area contributed by atoms with Crippen LogP contribution in [0.4, 0.5) is 8.78 Å². The van der Waals surface area contributed by atoms with Crippen molar-refractivity contribution in [1.82, 2.24) is 14.7 Å². The van der Waals surface area contributed by atoms with Crippen LogP contribution in [0.2, 0.25) is 0 Å². The lowest BCUT2D eigenvalue weighted by molar-refractivity contribution is 0.0934. The lowest BCUT2D eigenvalue weighted by atomic mass is 10.2. The molecule has 31 heavy (non-hydrogen) atoms. The lowest BCUT2D eigenvalue weighted by Gasteiger charge is -2.23. The van der Waals surface area contributed by atoms with Crippen LogP contribution in [0, 0.1) is 18.6 Å². The monoisotopic (exact) mass is 431 g/mol. The number of ether oxygens (including phenoxy) is 2. The maximum atomic E-state index is 13.4. The molecule has 3 rings (SSSR count). The summed E-state index contributed by atoms with van der Waals surface area (Å²) < 4.78 is 39.7. The van der Waals surface area contributed by atoms with Gasteiger partial charge in [0, 0.05) is 26.7 Å². The Hall–Kier alpha value is -2.81. The van der Waals surface area contributed by atoms with Gasteiger partial charge in [-0.1, -0.05) is 0 Å². The zero-order valence-corrected chi connectivity index (χ0v) is 17.9. The first kappa shape index (κ1) is 22.9. The molecular weight excluding hydrogens is 404 g/mol. The number of aliphatic hydroxyl groups excluding tert-OH is 1. The molecule has 3 aromatic rings. The fourth-order valence-electron chi connectivity index (χ4n) is 3.25. The predicted molar refractivity (Wildman–Crippen MR) is 114 cm³/mol. The predicted octanol–water partition coefficient (Wildman–Crippen LogP) is 4.08. The first-order chi connectivity index (χ1) is 14.9. The SMILES string of the molecule is COCCN(Cc1c(C)nn(-c2ccc(F)cc2)c1Oc1ccc(F)cc1)C[C@H](C)O. The minimum Gasteiger partial charge on any atom is -0.439 e. The second-order valence-corrected chi connectivity index (χ2v) is 7.39. The Morgan fingerprint density at radius 1 is 1.06 bits per heavy atom. The van der Waals surface area contributed by atoms with E-state index in [0.29, 0.717) is 43.6 Å². The van der Waals surface area contributed by atoms with E-state index in [9.17, 15) is 13.9 Å². The third kappa shape index (κ3) is 6.10. The highest BCUT2D eigenvalue weighted by atomic mass is 19.1. The molecule has 0 aliphatic heterocycles. The minimum absolute atomic E-state index is 0.350. The molecule has 0 fully saturated rings. The number of rotatable bonds is 10. The Morgan fingerprint density at radius 2 is 1.68 bits per heavy atom. The maximum Gasteiger partial charge on any atom is 0.227 e. The van der Waals surface area contributed by atoms with E-state index >= 15 is 0 Å². The Morgan fingerprint density at radius 3 is 2.26 bits per heavy atom. The van der Waals surface area contributed by atoms with Crippen LogP contribution >= 0.6 is 0 Å². The largest absolute Gasteiger partial charge is 0.439 e. The highest BCUT2D eigenvalue weighted by Gasteiger charge is 2.22. The van der Waals surface area contributed by atoms with Crippen LogP contribution in [0.1, 0.15) is 18.2 Å². The molecule has 1 aromatic heterocycles. The number of hydrogen-bond acceptors (Lipinski definition) is 5. The molecule has 0 saturated heterocycles. The summed E-state index contributed by atoms with van der Waals surface area (Å²) in [7, 11) is 1.63. The molecule has 166 valence electrons. The van der Waals surface area contributed by atoms with Gasteiger partial charge in [0.2, 0.25) is 5.88 Å². The fraction of sp³-hybridized carbons (Fsp3) is 0.348. The van der Waals surface area contributed by atoms with E-state index in [1.807, 2.05) is 11.8 Å². The Balaban J connectivity index is 2.01. The Labute approximate surface area is 180 Å². The molecular formula is C23H27F2N3O3. The van der Waals surface area contributed by atoms with Gasteiger partial charge < -0.3 is 14.6 Å². The third-order valence-corrected chi connectivity index (χ3v) is 4.75. The van der Waals surface area contributed by atoms with Gasteiger partial charge in [0.05, 0.1) is 29.7 Å². The summed E-state index contributed by atoms with van der Waals surface area (Å²) in [6, 6.07) is 11.6. The van der Waals surface area contributed by atoms with Crippen molar-refractivity contribution in [3.8, 4) is 17.3 Å². The number of aryl methyl sites for hydroxylation is 1. The molecule has 1 heterocycles. The average Bonchev–Trinajstić information content (AvgIpc) is 3.03. The van der Waals surface area contributed by atoms with Crippen molar-refractivity contribution in [2.75, 3.05) is 26.8 Å². The molecule has 0 unspecified atom stereocenters. The molecule has 1 N–H and O–H groups in total. The molecule has 0 aliphatic carbocycles. The summed E-state index contributed by atoms with van der Waals surface area (Å²) in [4.78, 5) is 2.05. The highest BCUT2D eigenvalue weighted by molar-refractivity contribution is 5.43. The molecule has 6 nitrogen and oxygen atoms in total. The van der Waals surface area contributed by atoms with E-state index in [1.54, 1.807) is 30.8 Å². The summed E-state index contributed by atoms with van der Waals surface area (Å²) >= 11 is 0. The van der Waals surface area contributed by atoms with Gasteiger partial charge in [-0.2, -0.15) is 5.10 Å². The topological polar surface area (TPSA) is 59.8 Å². The number of halogens is 2. The first-order valence-corrected chi connectivity index (χ1v) is 10.0. The van der Waals surface area contributed by atoms with Crippen LogP contribution in [0.25, 0.3) is 5.69 Å². The molecule has 0 amide bonds. The lowest BCUT2D eigenvalue weighted by Crippen LogP contribution is -2.33. The second kappa shape index (κ2) is 10.5. The van der Waals surface area contributed by atoms with Gasteiger partial charge in [-0.15, -0.1) is 0 Å². The number of benzene rings is 2. The van der Waals surface area contributed by atoms with E-state index in [4.69, 9.17) is 9.47 Å². The summed E-state index contributed by atoms with van der Waals surface area (Å²) in [6.07, 6.45) is -0.522. The van der Waals surface area contributed by atoms with Gasteiger partial charge in [-0.25, -0.2) is 13.5 Å². The number of nitrogens with zero attached hydrogens (tertiary/aromatic N) is 3. The van der Waals surface area contributed by atoms with Gasteiger partial charge >= 0.3 is 0 Å². The highest BCUT2D eigenvalue weighted by Crippen LogP contribution is 2.32. The second-order valence-electron chi connectivity index (χ2n) is 7.39. The normalized spacial score (nSPS) is 12.4. The summed E-state index contributed by atoms with van der Waals surface area (Å²) in [5, 5.41) is 14.5. The Bertz CT molecular complexity index is 973. The number of methoxy groups -OCH3 is 1. The number of hydrogen-bond donors (Lipinski definition) is 1. The minimum atomic E-state index is -0.522. The quantitative estimate of drug-likeness (QED) is 0.524. The zero-order chi connectivity index (χ0) is 22.4. The van der Waals surface area contributed by atoms with Crippen molar-refractivity contribution in [3.63, 3.8) is 0 Å². The van der Waals surface area contributed by atoms with Crippen molar-refractivity contribution in [2.24, 2.45) is 0 Å². The van der Waals surface area contributed by atoms with E-state index < -0.39 is 6.10 Å². The zero-order valence-electron chi connectivity index (χ0n) is 17.9. The Kier molecular flexibility index (Phi) is 7.73. The fourth-order valence-corrected chi connectivity index (χ4v) is 3.25. The smallest absolute Gasteiger partial charge is 0.227 e. The van der Waals surface area contributed by atoms with Crippen LogP contribution in [-0.2, 0) is 11.3 Å². The van der Waals surface area contributed by atoms with Gasteiger partial charge in [-0.3, -0.25) is 4.90 Å². The van der Waals surface area contributed by atoms with Gasteiger partial charge in [0.25, 0.3) is 0 Å². The molecule has 0 aliphatic rings. The molecule has 1 atom stereocenters. The molecule has 0 radical (unpaired) electrons. The summed E-state index contributed by atoms with van der Waals surface area (Å²) in [6.45, 7) is 5.61. The summed E-state index contributed by atoms with van der Waals surface area (Å²) in [5.74, 6) is 0.184. The van der Waals surface area contributed by atoms with Crippen LogP contribution in [0.5, 0.6) is 11.6 Å². The van der Waals surface area contributed by atoms with Crippen molar-refractivity contribution < 1.29 is 23.4 Å². The first-order valence-electron chi connectivity index (χ1n) is 10.0. The van der Waals surface area contributed by atoms with Gasteiger partial charge in [-0.05, 0) is 62.4 Å². The van der Waals surface area contributed by atoms with Crippen molar-refractivity contribution >= 4 is 0 Å². The molecule has 0 spiro atoms. The van der Waals surface area contributed by atoms with Crippen LogP contribution in [0.15, 0.2) is 48.5 Å². The van der Waals surface area contributed by atoms with E-state index in [2.05, 4.69) is 5.10 Å². The summed E-state index contributed by atoms with van der Waals surface area (Å²) in [5.41, 5.74) is 2.17. The van der Waals surface area contributed by atoms with E-state index in [-0.39, 0.29) is 11.6 Å². The van der Waals surface area contributed by atoms with Crippen LogP contribution in [0.3, 0.4) is 0 Å². The third-order valence-electron chi connectivity index (χ3n) is 4.75. The number of aromatic nitrogens is 2. The van der Waals surface area contributed by atoms with Crippen molar-refractivity contribution in [3.05, 3.63) is 71.4 Å². The van der Waals surface area contributed by atoms with E-state index in [1.165, 1.54) is 36.4 Å². The van der Waals surface area contributed by atoms with E-state index in [0.717, 1.165) is 11.3 Å². The van der Waals surface area contributed by atoms with Crippen molar-refractivity contribution in [2.45, 2.75) is 26.5 Å². The molecule has 2 aromatic carbocycles. The number of aliphatic hydroxyl groups is 1. The van der Waals surface area contributed by atoms with Gasteiger partial charge in [0.1, 0.15) is 17.4 Å². The standard InChI is InChI=1S/C23H27F2N3O3/c1-16(29)14-27(12-13-30-3)15-22-17(2)26-28(20-8-4-18(24)5-9-20)23(22)31-21-10-6-19(25)7-11-21/h4-11,16,29H,12-15H2,1-3H3/t16-/m0/s1. The maximum absolute atomic E-state index is 13.4.